The second-order valence-electron chi connectivity index (χ2n) is 23.1. The van der Waals surface area contributed by atoms with Gasteiger partial charge in [-0.05, 0) is 194 Å². The molecule has 0 bridgehead atoms. The molecule has 4 aliphatic heterocycles. The first-order valence-electron chi connectivity index (χ1n) is 46.1. The van der Waals surface area contributed by atoms with Gasteiger partial charge in [-0.1, -0.05) is 67.0 Å². The minimum Gasteiger partial charge on any atom is -0.454 e. The second kappa shape index (κ2) is 34.1. The van der Waals surface area contributed by atoms with Gasteiger partial charge in [0.25, 0.3) is 63.6 Å². The predicted molar refractivity (Wildman–Crippen MR) is 427 cm³/mol. The highest BCUT2D eigenvalue weighted by molar-refractivity contribution is 7.94. The molecule has 608 valence electrons. The lowest BCUT2D eigenvalue weighted by Gasteiger charge is -2.09. The van der Waals surface area contributed by atoms with Gasteiger partial charge in [-0.25, -0.2) is 52.5 Å². The molecule has 32 nitrogen and oxygen atoms in total. The Balaban J connectivity index is 0.000000163. The van der Waals surface area contributed by atoms with Gasteiger partial charge in [-0.3, -0.25) is 19.2 Å². The van der Waals surface area contributed by atoms with Crippen molar-refractivity contribution in [2.75, 3.05) is 45.9 Å². The molecule has 1 atom stereocenters. The maximum absolute atomic E-state index is 13.2. The van der Waals surface area contributed by atoms with E-state index in [9.17, 15) is 52.8 Å². The number of ether oxygens (including phenoxy) is 8. The number of thiophene rings is 4. The number of carbonyl (C=O) groups is 4. The van der Waals surface area contributed by atoms with Crippen molar-refractivity contribution in [3.8, 4) is 46.0 Å². The number of carbonyl (C=O) groups excluding carboxylic acids is 4. The number of fused-ring (bicyclic) bond motifs is 4. The predicted octanol–water partition coefficient (Wildman–Crippen LogP) is 15.8. The normalized spacial score (nSPS) is 19.0. The summed E-state index contributed by atoms with van der Waals surface area (Å²) in [6.07, 6.45) is -1.92. The summed E-state index contributed by atoms with van der Waals surface area (Å²) in [7, 11) is -19.2. The van der Waals surface area contributed by atoms with Gasteiger partial charge in [0, 0.05) is 54.5 Å². The summed E-state index contributed by atoms with van der Waals surface area (Å²) >= 11 is 26.7. The molecule has 0 radical (unpaired) electrons. The van der Waals surface area contributed by atoms with Crippen molar-refractivity contribution < 1.29 is 150 Å². The zero-order valence-electron chi connectivity index (χ0n) is 87.0. The Morgan fingerprint density at radius 2 is 0.621 bits per heavy atom. The van der Waals surface area contributed by atoms with Crippen molar-refractivity contribution in [2.45, 2.75) is 100 Å². The van der Waals surface area contributed by atoms with E-state index in [1.54, 1.807) is 6.92 Å². The highest BCUT2D eigenvalue weighted by atomic mass is 35.5. The van der Waals surface area contributed by atoms with E-state index >= 15 is 0 Å². The molecule has 12 aromatic rings. The molecule has 4 N–H and O–H groups in total. The molecule has 0 saturated heterocycles. The standard InChI is InChI=1S/4C18H15ClN2O6S2/c4*1-9-5-13-14(26-8-25-13)7-11(9)6-12(22)17-15(3-4-28-17)29(23,24)21-18-16(19)10(2)20-27-18/h4*3-5,7,21H,6,8H2,1-2H3/i1D3,2D3,8D2;1D3,2D3,8D;2D3,8D2;1D3,2D3/hD4. The third-order valence-electron chi connectivity index (χ3n) is 15.6. The van der Waals surface area contributed by atoms with E-state index in [0.717, 1.165) is 76.5 Å². The first-order valence-corrected chi connectivity index (χ1v) is 42.0. The number of hydrogen-bond donors (Lipinski definition) is 4. The molecule has 0 fully saturated rings. The summed E-state index contributed by atoms with van der Waals surface area (Å²) in [4.78, 5) is 49.1. The molecule has 116 heavy (non-hydrogen) atoms. The van der Waals surface area contributed by atoms with E-state index in [1.807, 2.05) is 0 Å². The molecule has 0 amide bonds. The molecule has 1 unspecified atom stereocenters. The zero-order valence-corrected chi connectivity index (χ0v) is 66.6. The lowest BCUT2D eigenvalue weighted by molar-refractivity contribution is 0.0985. The van der Waals surface area contributed by atoms with E-state index in [2.05, 4.69) is 20.6 Å². The number of anilines is 4. The minimum absolute atomic E-state index is 0.00141. The number of ketones is 4. The average molecular weight is 1850 g/mol. The quantitative estimate of drug-likeness (QED) is 0.0408. The Bertz CT molecular complexity index is 7670. The second-order valence-corrected chi connectivity index (χ2v) is 34.6. The molecule has 0 aliphatic carbocycles. The largest absolute Gasteiger partial charge is 0.454 e. The van der Waals surface area contributed by atoms with E-state index < -0.39 is 237 Å². The van der Waals surface area contributed by atoms with Crippen molar-refractivity contribution in [3.05, 3.63) is 201 Å². The first kappa shape index (κ1) is 53.2. The van der Waals surface area contributed by atoms with Crippen molar-refractivity contribution in [3.63, 3.8) is 0 Å². The van der Waals surface area contributed by atoms with Gasteiger partial charge in [0.2, 0.25) is 27.1 Å². The van der Waals surface area contributed by atoms with Crippen LogP contribution < -0.4 is 56.8 Å². The summed E-state index contributed by atoms with van der Waals surface area (Å²) < 4.78 is 392. The molecular formula is C72H60Cl4N8O24S8. The van der Waals surface area contributed by atoms with Gasteiger partial charge >= 0.3 is 0 Å². The minimum atomic E-state index is -4.85. The number of aryl methyl sites for hydroxylation is 8. The van der Waals surface area contributed by atoms with Crippen LogP contribution in [0.4, 0.5) is 23.5 Å². The van der Waals surface area contributed by atoms with Crippen LogP contribution in [0.3, 0.4) is 0 Å². The van der Waals surface area contributed by atoms with E-state index in [0.29, 0.717) is 22.5 Å². The number of nitrogens with one attached hydrogen (secondary N) is 4. The lowest BCUT2D eigenvalue weighted by Crippen LogP contribution is -2.16. The first-order chi connectivity index (χ1) is 67.1. The summed E-state index contributed by atoms with van der Waals surface area (Å²) in [5, 5.41) is 15.3. The molecule has 44 heteroatoms. The SMILES string of the molecule is [2H]C1Oc2cc(CC(=O)c3sccc3S(=O)(=O)N([2H])c3onc(C([2H])([2H])[2H])c3Cl)c(C([2H])([2H])[2H])cc2O1.[2H]N(c1onc(C([2H])([2H])[2H])c1Cl)S(=O)(=O)c1ccsc1C(=O)Cc1cc2c(cc1C([2H])([2H])[2H])OC([2H])([2H])O2.[2H]N(c1onc(C([2H])([2H])[2H])c1Cl)S(=O)(=O)c1ccsc1C(=O)Cc1cc2c(cc1C([2H])([2H])[2H])OCO2.[2H]N(c1onc(C([2H])([2H])[2H])c1Cl)S(=O)(=O)c1ccsc1C(=O)Cc1cc2c(cc1C)OC([2H])([2H])O2. The number of hydrogen-bond acceptors (Lipinski definition) is 32. The summed E-state index contributed by atoms with van der Waals surface area (Å²) in [5.74, 6) is -5.98. The summed E-state index contributed by atoms with van der Waals surface area (Å²) in [6, 6.07) is 14.4. The maximum Gasteiger partial charge on any atom is 0.265 e. The van der Waals surface area contributed by atoms with Crippen LogP contribution in [0.5, 0.6) is 46.0 Å². The smallest absolute Gasteiger partial charge is 0.265 e. The van der Waals surface area contributed by atoms with Gasteiger partial charge in [0.15, 0.2) is 74.8 Å². The molecule has 8 aromatic heterocycles. The Morgan fingerprint density at radius 3 is 0.897 bits per heavy atom. The molecular weight excluding hydrogens is 1760 g/mol. The van der Waals surface area contributed by atoms with Crippen LogP contribution in [0.2, 0.25) is 25.7 Å². The maximum atomic E-state index is 13.2. The molecule has 0 spiro atoms. The zero-order chi connectivity index (χ0) is 108. The highest BCUT2D eigenvalue weighted by Gasteiger charge is 2.34. The average Bonchev–Trinajstić information content (AvgIpc) is 1.58. The van der Waals surface area contributed by atoms with Crippen LogP contribution in [-0.2, 0) is 65.8 Å². The van der Waals surface area contributed by atoms with Gasteiger partial charge in [-0.15, -0.1) is 45.3 Å². The Kier molecular flexibility index (Phi) is 15.6. The number of benzene rings is 4. The molecule has 16 rings (SSSR count). The van der Waals surface area contributed by atoms with Crippen molar-refractivity contribution in [2.24, 2.45) is 0 Å². The fourth-order valence-corrected chi connectivity index (χ4v) is 20.0. The Morgan fingerprint density at radius 1 is 0.379 bits per heavy atom. The number of nitrogens with zero attached hydrogens (tertiary/aromatic N) is 4. The van der Waals surface area contributed by atoms with Crippen LogP contribution in [0.15, 0.2) is 132 Å². The van der Waals surface area contributed by atoms with E-state index in [-0.39, 0.29) is 131 Å². The van der Waals surface area contributed by atoms with Crippen molar-refractivity contribution in [1.82, 2.24) is 20.6 Å². The van der Waals surface area contributed by atoms with E-state index in [4.69, 9.17) is 144 Å². The molecule has 12 heterocycles. The fourth-order valence-electron chi connectivity index (χ4n) is 10.1. The Labute approximate surface area is 738 Å². The van der Waals surface area contributed by atoms with Gasteiger partial charge in [0.1, 0.15) is 69.3 Å². The lowest BCUT2D eigenvalue weighted by atomic mass is 10.0. The van der Waals surface area contributed by atoms with Gasteiger partial charge in [-0.2, -0.15) is 0 Å². The van der Waals surface area contributed by atoms with Crippen LogP contribution in [0.25, 0.3) is 0 Å². The Hall–Kier alpha value is -10.2. The number of Topliss-reactive ketones (excluding diaryl/α,β-unsaturated/α-hetero) is 4. The summed E-state index contributed by atoms with van der Waals surface area (Å²) in [5.41, 5.74) is -2.62. The van der Waals surface area contributed by atoms with Crippen LogP contribution in [-0.4, -0.2) is 104 Å². The monoisotopic (exact) mass is 1850 g/mol. The molecule has 4 aromatic carbocycles. The third kappa shape index (κ3) is 18.1. The summed E-state index contributed by atoms with van der Waals surface area (Å²) in [6.45, 7) is -24.0. The molecule has 4 aliphatic rings. The van der Waals surface area contributed by atoms with Crippen LogP contribution in [0, 0.1) is 54.9 Å². The fraction of sp³-hybridized carbons (Fsp3) is 0.222. The number of sulfonamides is 4. The third-order valence-corrected chi connectivity index (χ3v) is 26.5. The number of rotatable bonds is 24. The van der Waals surface area contributed by atoms with Crippen molar-refractivity contribution >= 4 is 179 Å². The van der Waals surface area contributed by atoms with Crippen molar-refractivity contribution in [1.29, 1.82) is 0 Å². The molecule has 0 saturated carbocycles. The number of aromatic nitrogens is 4. The van der Waals surface area contributed by atoms with Gasteiger partial charge in [0.05, 0.1) is 19.5 Å². The van der Waals surface area contributed by atoms with E-state index in [1.165, 1.54) is 51.9 Å². The van der Waals surface area contributed by atoms with Crippen LogP contribution >= 0.6 is 91.8 Å². The van der Waals surface area contributed by atoms with Crippen LogP contribution in [0.1, 0.15) is 142 Å². The number of halogens is 4. The topological polar surface area (TPSA) is 431 Å². The highest BCUT2D eigenvalue weighted by Crippen LogP contribution is 2.42. The van der Waals surface area contributed by atoms with Gasteiger partial charge < -0.3 is 56.0 Å².